The molecule has 1 aromatic heterocycles. The highest BCUT2D eigenvalue weighted by Gasteiger charge is 2.19. The summed E-state index contributed by atoms with van der Waals surface area (Å²) in [7, 11) is 1.65. The van der Waals surface area contributed by atoms with Crippen molar-refractivity contribution < 1.29 is 9.53 Å². The minimum absolute atomic E-state index is 0.0475. The molecule has 0 aliphatic heterocycles. The third-order valence-corrected chi connectivity index (χ3v) is 4.59. The van der Waals surface area contributed by atoms with E-state index in [0.29, 0.717) is 18.3 Å². The van der Waals surface area contributed by atoms with E-state index in [-0.39, 0.29) is 11.2 Å². The molecule has 0 aliphatic rings. The molecule has 0 fully saturated rings. The molecule has 0 saturated heterocycles. The van der Waals surface area contributed by atoms with Crippen LogP contribution in [0, 0.1) is 13.8 Å². The third kappa shape index (κ3) is 4.56. The molecular weight excluding hydrogens is 312 g/mol. The fourth-order valence-corrected chi connectivity index (χ4v) is 2.98. The maximum atomic E-state index is 12.5. The summed E-state index contributed by atoms with van der Waals surface area (Å²) < 4.78 is 6.95. The van der Waals surface area contributed by atoms with E-state index >= 15 is 0 Å². The minimum Gasteiger partial charge on any atom is -0.383 e. The molecule has 2 rings (SSSR count). The molecule has 1 aromatic carbocycles. The highest BCUT2D eigenvalue weighted by molar-refractivity contribution is 8.00. The zero-order valence-corrected chi connectivity index (χ0v) is 14.7. The summed E-state index contributed by atoms with van der Waals surface area (Å²) in [6.45, 7) is 7.08. The number of carbonyl (C=O) groups excluding carboxylic acids is 1. The van der Waals surface area contributed by atoms with Crippen LogP contribution in [0.1, 0.15) is 18.1 Å². The molecule has 1 amide bonds. The summed E-state index contributed by atoms with van der Waals surface area (Å²) >= 11 is 1.39. The number of ether oxygens (including phenoxy) is 1. The lowest BCUT2D eigenvalue weighted by Crippen LogP contribution is -2.24. The van der Waals surface area contributed by atoms with E-state index in [1.807, 2.05) is 43.5 Å². The Morgan fingerprint density at radius 1 is 1.39 bits per heavy atom. The fourth-order valence-electron chi connectivity index (χ4n) is 2.13. The quantitative estimate of drug-likeness (QED) is 0.788. The largest absolute Gasteiger partial charge is 0.383 e. The molecule has 1 unspecified atom stereocenters. The fraction of sp³-hybridized carbons (Fsp3) is 0.438. The first-order chi connectivity index (χ1) is 11.0. The topological polar surface area (TPSA) is 69.0 Å². The van der Waals surface area contributed by atoms with Gasteiger partial charge in [0, 0.05) is 19.3 Å². The van der Waals surface area contributed by atoms with Crippen molar-refractivity contribution in [2.75, 3.05) is 19.0 Å². The predicted molar refractivity (Wildman–Crippen MR) is 91.8 cm³/mol. The highest BCUT2D eigenvalue weighted by atomic mass is 32.2. The maximum absolute atomic E-state index is 12.5. The van der Waals surface area contributed by atoms with E-state index in [1.54, 1.807) is 13.4 Å². The lowest BCUT2D eigenvalue weighted by Gasteiger charge is -2.15. The van der Waals surface area contributed by atoms with E-state index < -0.39 is 0 Å². The number of amides is 1. The second-order valence-corrected chi connectivity index (χ2v) is 6.62. The first-order valence-electron chi connectivity index (χ1n) is 7.43. The summed E-state index contributed by atoms with van der Waals surface area (Å²) in [6.07, 6.45) is 1.65. The van der Waals surface area contributed by atoms with Crippen LogP contribution in [-0.4, -0.2) is 39.6 Å². The predicted octanol–water partition coefficient (Wildman–Crippen LogP) is 2.66. The van der Waals surface area contributed by atoms with E-state index in [4.69, 9.17) is 4.74 Å². The number of para-hydroxylation sites is 1. The molecule has 1 atom stereocenters. The molecule has 0 radical (unpaired) electrons. The van der Waals surface area contributed by atoms with Gasteiger partial charge in [0.1, 0.15) is 6.33 Å². The van der Waals surface area contributed by atoms with Crippen LogP contribution in [0.15, 0.2) is 29.7 Å². The Hall–Kier alpha value is -1.86. The second-order valence-electron chi connectivity index (χ2n) is 5.32. The molecular formula is C16H22N4O2S. The molecule has 7 heteroatoms. The van der Waals surface area contributed by atoms with Crippen molar-refractivity contribution in [3.8, 4) is 0 Å². The number of aryl methyl sites for hydroxylation is 2. The van der Waals surface area contributed by atoms with E-state index in [9.17, 15) is 4.79 Å². The minimum atomic E-state index is -0.278. The summed E-state index contributed by atoms with van der Waals surface area (Å²) in [5, 5.41) is 11.4. The van der Waals surface area contributed by atoms with Gasteiger partial charge in [-0.2, -0.15) is 0 Å². The van der Waals surface area contributed by atoms with Gasteiger partial charge in [-0.15, -0.1) is 10.2 Å². The highest BCUT2D eigenvalue weighted by Crippen LogP contribution is 2.24. The summed E-state index contributed by atoms with van der Waals surface area (Å²) in [6, 6.07) is 5.96. The Labute approximate surface area is 140 Å². The third-order valence-electron chi connectivity index (χ3n) is 3.50. The van der Waals surface area contributed by atoms with E-state index in [1.165, 1.54) is 11.8 Å². The monoisotopic (exact) mass is 334 g/mol. The summed E-state index contributed by atoms with van der Waals surface area (Å²) in [5.74, 6) is -0.0475. The molecule has 1 heterocycles. The Morgan fingerprint density at radius 3 is 2.74 bits per heavy atom. The van der Waals surface area contributed by atoms with Gasteiger partial charge in [-0.25, -0.2) is 0 Å². The lowest BCUT2D eigenvalue weighted by molar-refractivity contribution is -0.115. The molecule has 0 saturated carbocycles. The Balaban J connectivity index is 2.02. The van der Waals surface area contributed by atoms with Gasteiger partial charge in [0.2, 0.25) is 5.91 Å². The number of anilines is 1. The molecule has 23 heavy (non-hydrogen) atoms. The number of hydrogen-bond acceptors (Lipinski definition) is 5. The normalized spacial score (nSPS) is 12.2. The second kappa shape index (κ2) is 8.12. The van der Waals surface area contributed by atoms with Crippen LogP contribution in [0.4, 0.5) is 5.69 Å². The zero-order chi connectivity index (χ0) is 16.8. The molecule has 0 spiro atoms. The van der Waals surface area contributed by atoms with Crippen LogP contribution in [0.25, 0.3) is 0 Å². The van der Waals surface area contributed by atoms with Crippen molar-refractivity contribution in [2.24, 2.45) is 0 Å². The van der Waals surface area contributed by atoms with Gasteiger partial charge in [-0.1, -0.05) is 30.0 Å². The summed E-state index contributed by atoms with van der Waals surface area (Å²) in [5.41, 5.74) is 2.99. The number of hydrogen-bond donors (Lipinski definition) is 1. The van der Waals surface area contributed by atoms with Gasteiger partial charge < -0.3 is 14.6 Å². The van der Waals surface area contributed by atoms with Gasteiger partial charge in [0.15, 0.2) is 5.16 Å². The number of rotatable bonds is 7. The standard InChI is InChI=1S/C16H22N4O2S/c1-11-6-5-7-12(2)14(11)18-15(21)13(3)23-16-19-17-10-20(16)8-9-22-4/h5-7,10,13H,8-9H2,1-4H3,(H,18,21). The van der Waals surface area contributed by atoms with E-state index in [2.05, 4.69) is 15.5 Å². The number of methoxy groups -OCH3 is 1. The van der Waals surface area contributed by atoms with E-state index in [0.717, 1.165) is 16.8 Å². The first kappa shape index (κ1) is 17.5. The molecule has 0 aliphatic carbocycles. The van der Waals surface area contributed by atoms with Crippen LogP contribution in [-0.2, 0) is 16.1 Å². The Kier molecular flexibility index (Phi) is 6.18. The number of aromatic nitrogens is 3. The number of benzene rings is 1. The Bertz CT molecular complexity index is 652. The van der Waals surface area contributed by atoms with Crippen LogP contribution < -0.4 is 5.32 Å². The van der Waals surface area contributed by atoms with Gasteiger partial charge in [0.25, 0.3) is 0 Å². The molecule has 1 N–H and O–H groups in total. The maximum Gasteiger partial charge on any atom is 0.237 e. The molecule has 0 bridgehead atoms. The van der Waals surface area contributed by atoms with Gasteiger partial charge in [-0.05, 0) is 31.9 Å². The van der Waals surface area contributed by atoms with Gasteiger partial charge in [-0.3, -0.25) is 4.79 Å². The van der Waals surface area contributed by atoms with Crippen molar-refractivity contribution >= 4 is 23.4 Å². The number of carbonyl (C=O) groups is 1. The summed E-state index contributed by atoms with van der Waals surface area (Å²) in [4.78, 5) is 12.5. The van der Waals surface area contributed by atoms with Crippen LogP contribution in [0.3, 0.4) is 0 Å². The number of nitrogens with zero attached hydrogens (tertiary/aromatic N) is 3. The SMILES string of the molecule is COCCn1cnnc1SC(C)C(=O)Nc1c(C)cccc1C. The average molecular weight is 334 g/mol. The lowest BCUT2D eigenvalue weighted by atomic mass is 10.1. The molecule has 6 nitrogen and oxygen atoms in total. The van der Waals surface area contributed by atoms with Gasteiger partial charge in [0.05, 0.1) is 11.9 Å². The van der Waals surface area contributed by atoms with Crippen molar-refractivity contribution in [3.05, 3.63) is 35.7 Å². The molecule has 124 valence electrons. The van der Waals surface area contributed by atoms with Crippen LogP contribution >= 0.6 is 11.8 Å². The number of nitrogens with one attached hydrogen (secondary N) is 1. The van der Waals surface area contributed by atoms with Crippen LogP contribution in [0.5, 0.6) is 0 Å². The van der Waals surface area contributed by atoms with Crippen molar-refractivity contribution in [3.63, 3.8) is 0 Å². The van der Waals surface area contributed by atoms with Crippen molar-refractivity contribution in [1.29, 1.82) is 0 Å². The molecule has 2 aromatic rings. The zero-order valence-electron chi connectivity index (χ0n) is 13.9. The average Bonchev–Trinajstić information content (AvgIpc) is 2.95. The van der Waals surface area contributed by atoms with Crippen molar-refractivity contribution in [1.82, 2.24) is 14.8 Å². The number of thioether (sulfide) groups is 1. The van der Waals surface area contributed by atoms with Crippen molar-refractivity contribution in [2.45, 2.75) is 37.7 Å². The smallest absolute Gasteiger partial charge is 0.237 e. The van der Waals surface area contributed by atoms with Gasteiger partial charge >= 0.3 is 0 Å². The first-order valence-corrected chi connectivity index (χ1v) is 8.31. The Morgan fingerprint density at radius 2 is 2.09 bits per heavy atom. The van der Waals surface area contributed by atoms with Crippen LogP contribution in [0.2, 0.25) is 0 Å².